The summed E-state index contributed by atoms with van der Waals surface area (Å²) < 4.78 is 17.9. The average molecular weight is 604 g/mol. The third kappa shape index (κ3) is 8.39. The minimum absolute atomic E-state index is 0.0718. The average Bonchev–Trinajstić information content (AvgIpc) is 3.48. The van der Waals surface area contributed by atoms with Crippen molar-refractivity contribution >= 4 is 17.6 Å². The zero-order valence-corrected chi connectivity index (χ0v) is 25.9. The Morgan fingerprint density at radius 2 is 1.75 bits per heavy atom. The van der Waals surface area contributed by atoms with Crippen molar-refractivity contribution < 1.29 is 23.8 Å². The van der Waals surface area contributed by atoms with E-state index in [1.54, 1.807) is 14.0 Å². The molecule has 2 N–H and O–H groups in total. The predicted molar refractivity (Wildman–Crippen MR) is 169 cm³/mol. The Hall–Kier alpha value is -3.89. The lowest BCUT2D eigenvalue weighted by molar-refractivity contribution is -0.142. The maximum absolute atomic E-state index is 12.7. The number of nitrogens with zero attached hydrogens (tertiary/aromatic N) is 3. The smallest absolute Gasteiger partial charge is 0.307 e. The van der Waals surface area contributed by atoms with E-state index in [0.717, 1.165) is 68.5 Å². The monoisotopic (exact) mass is 603 g/mol. The molecule has 236 valence electrons. The van der Waals surface area contributed by atoms with Crippen molar-refractivity contribution in [2.24, 2.45) is 5.92 Å². The number of amides is 1. The summed E-state index contributed by atoms with van der Waals surface area (Å²) in [5, 5.41) is 11.8. The first kappa shape index (κ1) is 31.5. The number of nitrogens with one attached hydrogen (secondary N) is 2. The van der Waals surface area contributed by atoms with Crippen LogP contribution in [0.4, 0.5) is 5.69 Å². The Kier molecular flexibility index (Phi) is 11.3. The van der Waals surface area contributed by atoms with Crippen LogP contribution in [-0.4, -0.2) is 73.1 Å². The number of aromatic nitrogens is 2. The van der Waals surface area contributed by atoms with Gasteiger partial charge in [0, 0.05) is 49.2 Å². The first-order valence-electron chi connectivity index (χ1n) is 15.9. The van der Waals surface area contributed by atoms with Crippen LogP contribution in [0.3, 0.4) is 0 Å². The van der Waals surface area contributed by atoms with Gasteiger partial charge in [-0.2, -0.15) is 5.10 Å². The first-order valence-corrected chi connectivity index (χ1v) is 15.9. The minimum Gasteiger partial charge on any atom is -0.497 e. The lowest BCUT2D eigenvalue weighted by Gasteiger charge is -2.33. The SMILES string of the molecule is CCOC(=O)CCNC(=O)c1ccc(NC(c2cn(-c3ccc(OC)cc3)nc2CN2CCOCC2)C2CCCCC2)cc1. The minimum atomic E-state index is -0.315. The standard InChI is InChI=1S/C34H45N5O5/c1-3-44-32(40)17-18-35-34(41)26-9-11-27(12-10-26)36-33(25-7-5-4-6-8-25)30-23-39(28-13-15-29(42-2)16-14-28)37-31(30)24-38-19-21-43-22-20-38/h9-16,23,25,33,36H,3-8,17-22,24H2,1-2H3,(H,35,41). The molecule has 3 aromatic rings. The van der Waals surface area contributed by atoms with Crippen LogP contribution in [0.25, 0.3) is 5.69 Å². The van der Waals surface area contributed by atoms with Crippen molar-refractivity contribution in [3.63, 3.8) is 0 Å². The Labute approximate surface area is 260 Å². The molecular weight excluding hydrogens is 558 g/mol. The molecule has 2 fully saturated rings. The molecule has 1 saturated carbocycles. The van der Waals surface area contributed by atoms with Gasteiger partial charge in [0.1, 0.15) is 5.75 Å². The molecule has 1 saturated heterocycles. The van der Waals surface area contributed by atoms with E-state index in [9.17, 15) is 9.59 Å². The second-order valence-corrected chi connectivity index (χ2v) is 11.5. The summed E-state index contributed by atoms with van der Waals surface area (Å²) >= 11 is 0. The van der Waals surface area contributed by atoms with Gasteiger partial charge in [-0.1, -0.05) is 19.3 Å². The topological polar surface area (TPSA) is 107 Å². The van der Waals surface area contributed by atoms with Crippen molar-refractivity contribution in [1.29, 1.82) is 0 Å². The van der Waals surface area contributed by atoms with Crippen LogP contribution in [0.2, 0.25) is 0 Å². The van der Waals surface area contributed by atoms with Gasteiger partial charge < -0.3 is 24.8 Å². The van der Waals surface area contributed by atoms with Gasteiger partial charge in [-0.25, -0.2) is 4.68 Å². The van der Waals surface area contributed by atoms with Gasteiger partial charge in [0.2, 0.25) is 0 Å². The molecule has 5 rings (SSSR count). The fraction of sp³-hybridized carbons (Fsp3) is 0.500. The van der Waals surface area contributed by atoms with Crippen molar-refractivity contribution in [1.82, 2.24) is 20.0 Å². The highest BCUT2D eigenvalue weighted by molar-refractivity contribution is 5.94. The molecule has 1 aliphatic carbocycles. The van der Waals surface area contributed by atoms with Crippen molar-refractivity contribution in [3.05, 3.63) is 71.5 Å². The van der Waals surface area contributed by atoms with Gasteiger partial charge in [-0.3, -0.25) is 14.5 Å². The highest BCUT2D eigenvalue weighted by atomic mass is 16.5. The molecule has 2 aliphatic rings. The van der Waals surface area contributed by atoms with Gasteiger partial charge in [-0.05, 0) is 74.2 Å². The van der Waals surface area contributed by atoms with E-state index in [1.807, 2.05) is 53.2 Å². The molecule has 2 aromatic carbocycles. The van der Waals surface area contributed by atoms with E-state index in [-0.39, 0.29) is 30.9 Å². The lowest BCUT2D eigenvalue weighted by atomic mass is 9.81. The molecule has 1 unspecified atom stereocenters. The van der Waals surface area contributed by atoms with E-state index in [2.05, 4.69) is 21.7 Å². The van der Waals surface area contributed by atoms with Gasteiger partial charge in [0.05, 0.1) is 50.8 Å². The number of rotatable bonds is 13. The van der Waals surface area contributed by atoms with Crippen molar-refractivity contribution in [3.8, 4) is 11.4 Å². The molecule has 44 heavy (non-hydrogen) atoms. The molecule has 1 aromatic heterocycles. The molecular formula is C34H45N5O5. The molecule has 0 bridgehead atoms. The van der Waals surface area contributed by atoms with E-state index in [4.69, 9.17) is 19.3 Å². The number of methoxy groups -OCH3 is 1. The Balaban J connectivity index is 1.38. The molecule has 1 atom stereocenters. The Morgan fingerprint density at radius 3 is 2.43 bits per heavy atom. The van der Waals surface area contributed by atoms with Gasteiger partial charge >= 0.3 is 5.97 Å². The normalized spacial score (nSPS) is 16.7. The number of morpholine rings is 1. The molecule has 2 heterocycles. The van der Waals surface area contributed by atoms with Crippen LogP contribution < -0.4 is 15.4 Å². The van der Waals surface area contributed by atoms with Crippen molar-refractivity contribution in [2.75, 3.05) is 51.9 Å². The zero-order chi connectivity index (χ0) is 30.7. The van der Waals surface area contributed by atoms with Crippen LogP contribution in [0.5, 0.6) is 5.75 Å². The maximum atomic E-state index is 12.7. The highest BCUT2D eigenvalue weighted by Gasteiger charge is 2.30. The van der Waals surface area contributed by atoms with E-state index in [0.29, 0.717) is 18.1 Å². The molecule has 10 nitrogen and oxygen atoms in total. The van der Waals surface area contributed by atoms with Crippen LogP contribution in [-0.2, 0) is 20.8 Å². The molecule has 1 aliphatic heterocycles. The number of ether oxygens (including phenoxy) is 3. The van der Waals surface area contributed by atoms with Gasteiger partial charge in [0.15, 0.2) is 0 Å². The van der Waals surface area contributed by atoms with E-state index < -0.39 is 0 Å². The van der Waals surface area contributed by atoms with Crippen LogP contribution in [0.1, 0.15) is 73.1 Å². The Bertz CT molecular complexity index is 1350. The first-order chi connectivity index (χ1) is 21.5. The summed E-state index contributed by atoms with van der Waals surface area (Å²) in [5.41, 5.74) is 4.77. The number of anilines is 1. The maximum Gasteiger partial charge on any atom is 0.307 e. The summed E-state index contributed by atoms with van der Waals surface area (Å²) in [6.07, 6.45) is 8.37. The fourth-order valence-electron chi connectivity index (χ4n) is 6.07. The van der Waals surface area contributed by atoms with Gasteiger partial charge in [0.25, 0.3) is 5.91 Å². The molecule has 1 amide bonds. The third-order valence-electron chi connectivity index (χ3n) is 8.48. The highest BCUT2D eigenvalue weighted by Crippen LogP contribution is 2.38. The molecule has 10 heteroatoms. The predicted octanol–water partition coefficient (Wildman–Crippen LogP) is 5.13. The number of carbonyl (C=O) groups is 2. The number of carbonyl (C=O) groups excluding carboxylic acids is 2. The summed E-state index contributed by atoms with van der Waals surface area (Å²) in [7, 11) is 1.67. The van der Waals surface area contributed by atoms with Gasteiger partial charge in [-0.15, -0.1) is 0 Å². The summed E-state index contributed by atoms with van der Waals surface area (Å²) in [5.74, 6) is 0.752. The zero-order valence-electron chi connectivity index (χ0n) is 25.9. The second-order valence-electron chi connectivity index (χ2n) is 11.5. The quantitative estimate of drug-likeness (QED) is 0.259. The number of hydrogen-bond donors (Lipinski definition) is 2. The Morgan fingerprint density at radius 1 is 1.02 bits per heavy atom. The fourth-order valence-corrected chi connectivity index (χ4v) is 6.07. The van der Waals surface area contributed by atoms with E-state index in [1.165, 1.54) is 24.8 Å². The van der Waals surface area contributed by atoms with Crippen LogP contribution in [0.15, 0.2) is 54.7 Å². The second kappa shape index (κ2) is 15.7. The lowest BCUT2D eigenvalue weighted by Crippen LogP contribution is -2.36. The summed E-state index contributed by atoms with van der Waals surface area (Å²) in [6, 6.07) is 15.7. The van der Waals surface area contributed by atoms with E-state index >= 15 is 0 Å². The number of hydrogen-bond acceptors (Lipinski definition) is 8. The van der Waals surface area contributed by atoms with Crippen LogP contribution in [0, 0.1) is 5.92 Å². The number of esters is 1. The molecule has 0 radical (unpaired) electrons. The summed E-state index contributed by atoms with van der Waals surface area (Å²) in [4.78, 5) is 26.7. The largest absolute Gasteiger partial charge is 0.497 e. The summed E-state index contributed by atoms with van der Waals surface area (Å²) in [6.45, 7) is 6.36. The van der Waals surface area contributed by atoms with Crippen molar-refractivity contribution in [2.45, 2.75) is 58.0 Å². The third-order valence-corrected chi connectivity index (χ3v) is 8.48. The molecule has 0 spiro atoms. The van der Waals surface area contributed by atoms with Crippen LogP contribution >= 0.6 is 0 Å². The number of benzene rings is 2.